The molecule has 79 heavy (non-hydrogen) atoms. The fourth-order valence-electron chi connectivity index (χ4n) is 12.1. The van der Waals surface area contributed by atoms with Gasteiger partial charge in [0.1, 0.15) is 5.58 Å². The first-order valence-electron chi connectivity index (χ1n) is 28.5. The number of benzene rings is 9. The molecule has 9 aromatic carbocycles. The normalized spacial score (nSPS) is 13.7. The lowest BCUT2D eigenvalue weighted by Gasteiger charge is -2.45. The highest BCUT2D eigenvalue weighted by Crippen LogP contribution is 2.51. The van der Waals surface area contributed by atoms with Crippen molar-refractivity contribution in [2.45, 2.75) is 131 Å². The molecule has 0 saturated carbocycles. The van der Waals surface area contributed by atoms with E-state index in [1.807, 2.05) is 0 Å². The average molecular weight is 1030 g/mol. The van der Waals surface area contributed by atoms with Gasteiger partial charge >= 0.3 is 0 Å². The topological polar surface area (TPSA) is 22.9 Å². The molecule has 396 valence electrons. The third-order valence-electron chi connectivity index (χ3n) is 16.8. The number of hydrogen-bond acceptors (Lipinski definition) is 4. The molecule has 12 rings (SSSR count). The fourth-order valence-corrected chi connectivity index (χ4v) is 12.1. The van der Waals surface area contributed by atoms with E-state index in [2.05, 4.69) is 307 Å². The molecule has 0 radical (unpaired) electrons. The summed E-state index contributed by atoms with van der Waals surface area (Å²) in [5.74, 6) is 0. The van der Waals surface area contributed by atoms with Crippen molar-refractivity contribution >= 4 is 96.2 Å². The van der Waals surface area contributed by atoms with Crippen LogP contribution in [0.5, 0.6) is 0 Å². The number of nitrogens with zero attached hydrogens (tertiary/aromatic N) is 3. The van der Waals surface area contributed by atoms with E-state index >= 15 is 0 Å². The van der Waals surface area contributed by atoms with Crippen molar-refractivity contribution in [1.82, 2.24) is 0 Å². The van der Waals surface area contributed by atoms with Crippen LogP contribution in [0.3, 0.4) is 0 Å². The molecule has 0 fully saturated rings. The van der Waals surface area contributed by atoms with Crippen molar-refractivity contribution in [1.29, 1.82) is 0 Å². The number of fused-ring (bicyclic) bond motifs is 7. The Morgan fingerprint density at radius 3 is 1.29 bits per heavy atom. The van der Waals surface area contributed by atoms with Gasteiger partial charge in [0.2, 0.25) is 0 Å². The SMILES string of the molecule is CC(C)(C)c1ccc(N(c2ccc(C(C)(C)C)cc2)c2cc(N3c4ccc(C(C)(C)C)cc4B4c5cc(C(C)(C)C)ccc5N(c5ccc(C(C)(C)C)cc5)c5cc(-c6ccccc6)cc3c54)c3oc4ccccc4c3c2)cc1. The molecule has 0 N–H and O–H groups in total. The Balaban J connectivity index is 1.21. The molecule has 0 saturated heterocycles. The van der Waals surface area contributed by atoms with E-state index in [9.17, 15) is 0 Å². The lowest BCUT2D eigenvalue weighted by Crippen LogP contribution is -2.61. The number of hydrogen-bond donors (Lipinski definition) is 0. The Hall–Kier alpha value is -7.76. The molecule has 0 amide bonds. The average Bonchev–Trinajstić information content (AvgIpc) is 3.15. The van der Waals surface area contributed by atoms with Crippen molar-refractivity contribution in [2.75, 3.05) is 14.7 Å². The predicted molar refractivity (Wildman–Crippen MR) is 341 cm³/mol. The number of rotatable bonds is 6. The maximum atomic E-state index is 7.28. The Morgan fingerprint density at radius 1 is 0.342 bits per heavy atom. The third kappa shape index (κ3) is 9.13. The van der Waals surface area contributed by atoms with Crippen molar-refractivity contribution in [3.05, 3.63) is 216 Å². The lowest BCUT2D eigenvalue weighted by molar-refractivity contribution is 0.590. The molecule has 2 aliphatic heterocycles. The summed E-state index contributed by atoms with van der Waals surface area (Å²) in [5.41, 5.74) is 24.2. The lowest BCUT2D eigenvalue weighted by atomic mass is 9.33. The minimum Gasteiger partial charge on any atom is -0.454 e. The van der Waals surface area contributed by atoms with E-state index < -0.39 is 0 Å². The first kappa shape index (κ1) is 52.0. The van der Waals surface area contributed by atoms with Gasteiger partial charge in [-0.1, -0.05) is 213 Å². The zero-order valence-electron chi connectivity index (χ0n) is 49.2. The van der Waals surface area contributed by atoms with Gasteiger partial charge in [-0.25, -0.2) is 0 Å². The summed E-state index contributed by atoms with van der Waals surface area (Å²) in [6.07, 6.45) is 0. The summed E-state index contributed by atoms with van der Waals surface area (Å²) in [6.45, 7) is 34.6. The van der Waals surface area contributed by atoms with Gasteiger partial charge in [-0.3, -0.25) is 0 Å². The number of para-hydroxylation sites is 1. The maximum Gasteiger partial charge on any atom is 0.252 e. The molecule has 2 aliphatic rings. The minimum atomic E-state index is -0.108. The van der Waals surface area contributed by atoms with E-state index in [-0.39, 0.29) is 33.8 Å². The fraction of sp³-hybridized carbons (Fsp3) is 0.270. The molecule has 3 heterocycles. The second-order valence-electron chi connectivity index (χ2n) is 27.6. The van der Waals surface area contributed by atoms with Gasteiger partial charge < -0.3 is 19.1 Å². The van der Waals surface area contributed by atoms with Gasteiger partial charge in [0.15, 0.2) is 5.58 Å². The summed E-state index contributed by atoms with van der Waals surface area (Å²) >= 11 is 0. The monoisotopic (exact) mass is 1030 g/mol. The smallest absolute Gasteiger partial charge is 0.252 e. The highest BCUT2D eigenvalue weighted by atomic mass is 16.3. The van der Waals surface area contributed by atoms with E-state index in [0.717, 1.165) is 72.9 Å². The van der Waals surface area contributed by atoms with Gasteiger partial charge in [-0.05, 0) is 161 Å². The molecule has 1 aromatic heterocycles. The van der Waals surface area contributed by atoms with E-state index in [0.29, 0.717) is 0 Å². The van der Waals surface area contributed by atoms with Crippen LogP contribution < -0.4 is 31.1 Å². The standard InChI is InChI=1S/C74H76BN3O/c1-70(2,3)49-25-33-54(34-26-49)76(55-35-27-50(28-36-55)71(4,5)6)57-45-59-58-23-19-20-24-67(58)79-69(59)66(46-57)78-63-40-32-53(74(13,14)15)44-61(63)75-60-43-52(73(10,11)12)31-39-62(60)77(56-37-29-51(30-38-56)72(7,8)9)64-41-48(42-65(78)68(64)75)47-21-17-16-18-22-47/h16-46H,1-15H3. The molecule has 4 nitrogen and oxygen atoms in total. The second kappa shape index (κ2) is 18.4. The Bertz CT molecular complexity index is 3910. The van der Waals surface area contributed by atoms with Gasteiger partial charge in [-0.15, -0.1) is 0 Å². The van der Waals surface area contributed by atoms with E-state index in [1.54, 1.807) is 0 Å². The van der Waals surface area contributed by atoms with Crippen LogP contribution in [0.15, 0.2) is 192 Å². The molecule has 10 aromatic rings. The van der Waals surface area contributed by atoms with Gasteiger partial charge in [-0.2, -0.15) is 0 Å². The van der Waals surface area contributed by atoms with Crippen LogP contribution in [0.4, 0.5) is 51.2 Å². The molecule has 0 unspecified atom stereocenters. The van der Waals surface area contributed by atoms with Crippen molar-refractivity contribution in [3.8, 4) is 11.1 Å². The van der Waals surface area contributed by atoms with Gasteiger partial charge in [0.25, 0.3) is 6.71 Å². The highest BCUT2D eigenvalue weighted by Gasteiger charge is 2.45. The summed E-state index contributed by atoms with van der Waals surface area (Å²) < 4.78 is 7.28. The molecular formula is C74H76BN3O. The molecule has 0 spiro atoms. The van der Waals surface area contributed by atoms with Crippen molar-refractivity contribution < 1.29 is 4.42 Å². The zero-order chi connectivity index (χ0) is 55.7. The Kier molecular flexibility index (Phi) is 12.1. The molecule has 0 bridgehead atoms. The van der Waals surface area contributed by atoms with Crippen molar-refractivity contribution in [2.24, 2.45) is 0 Å². The minimum absolute atomic E-state index is 0.000414. The summed E-state index contributed by atoms with van der Waals surface area (Å²) in [6, 6.07) is 71.6. The second-order valence-corrected chi connectivity index (χ2v) is 27.6. The molecule has 5 heteroatoms. The van der Waals surface area contributed by atoms with Crippen LogP contribution in [0.2, 0.25) is 0 Å². The van der Waals surface area contributed by atoms with Gasteiger partial charge in [0.05, 0.1) is 5.69 Å². The quantitative estimate of drug-likeness (QED) is 0.155. The van der Waals surface area contributed by atoms with Crippen LogP contribution >= 0.6 is 0 Å². The van der Waals surface area contributed by atoms with Crippen LogP contribution in [-0.4, -0.2) is 6.71 Å². The molecule has 0 aliphatic carbocycles. The van der Waals surface area contributed by atoms with E-state index in [4.69, 9.17) is 4.42 Å². The first-order chi connectivity index (χ1) is 37.3. The maximum absolute atomic E-state index is 7.28. The number of furan rings is 1. The van der Waals surface area contributed by atoms with Crippen LogP contribution in [0.25, 0.3) is 33.1 Å². The zero-order valence-corrected chi connectivity index (χ0v) is 49.2. The Morgan fingerprint density at radius 2 is 0.785 bits per heavy atom. The first-order valence-corrected chi connectivity index (χ1v) is 28.5. The Labute approximate surface area is 470 Å². The van der Waals surface area contributed by atoms with Crippen LogP contribution in [0.1, 0.15) is 132 Å². The number of anilines is 9. The van der Waals surface area contributed by atoms with Crippen LogP contribution in [0, 0.1) is 0 Å². The van der Waals surface area contributed by atoms with Crippen LogP contribution in [-0.2, 0) is 27.1 Å². The molecular weight excluding hydrogens is 958 g/mol. The van der Waals surface area contributed by atoms with Crippen molar-refractivity contribution in [3.63, 3.8) is 0 Å². The predicted octanol–water partition coefficient (Wildman–Crippen LogP) is 19.3. The summed E-state index contributed by atoms with van der Waals surface area (Å²) in [7, 11) is 0. The van der Waals surface area contributed by atoms with Gasteiger partial charge in [0, 0.05) is 56.3 Å². The molecule has 0 atom stereocenters. The third-order valence-corrected chi connectivity index (χ3v) is 16.8. The van der Waals surface area contributed by atoms with E-state index in [1.165, 1.54) is 55.6 Å². The largest absolute Gasteiger partial charge is 0.454 e. The summed E-state index contributed by atoms with van der Waals surface area (Å²) in [5, 5.41) is 2.15. The highest BCUT2D eigenvalue weighted by molar-refractivity contribution is 7.00. The summed E-state index contributed by atoms with van der Waals surface area (Å²) in [4.78, 5) is 7.58.